The van der Waals surface area contributed by atoms with Crippen LogP contribution in [0.15, 0.2) is 77.3 Å². The van der Waals surface area contributed by atoms with Crippen molar-refractivity contribution in [2.45, 2.75) is 19.8 Å². The molecule has 0 atom stereocenters. The molecule has 0 aliphatic carbocycles. The summed E-state index contributed by atoms with van der Waals surface area (Å²) in [5.74, 6) is 0.0249. The van der Waals surface area contributed by atoms with Crippen LogP contribution in [0.4, 0.5) is 5.69 Å². The summed E-state index contributed by atoms with van der Waals surface area (Å²) in [5, 5.41) is 0.868. The zero-order valence-corrected chi connectivity index (χ0v) is 18.3. The molecule has 0 unspecified atom stereocenters. The van der Waals surface area contributed by atoms with Crippen molar-refractivity contribution in [3.63, 3.8) is 0 Å². The lowest BCUT2D eigenvalue weighted by Gasteiger charge is -2.19. The van der Waals surface area contributed by atoms with E-state index in [4.69, 9.17) is 4.98 Å². The Hall–Kier alpha value is -2.98. The third-order valence-corrected chi connectivity index (χ3v) is 6.28. The Kier molecular flexibility index (Phi) is 4.87. The summed E-state index contributed by atoms with van der Waals surface area (Å²) in [6.45, 7) is 2.85. The molecule has 1 aromatic heterocycles. The van der Waals surface area contributed by atoms with Gasteiger partial charge in [-0.1, -0.05) is 65.3 Å². The standard InChI is InChI=1S/C26H21BrN2O/c1-2-17-7-9-18(10-8-17)24-16-22(21-15-20(27)11-12-23(21)28-24)26(30)29-14-13-19-5-3-4-6-25(19)29/h3-12,15-16H,2,13-14H2,1H3. The van der Waals surface area contributed by atoms with Crippen LogP contribution in [-0.2, 0) is 12.8 Å². The van der Waals surface area contributed by atoms with Gasteiger partial charge in [0.05, 0.1) is 16.8 Å². The molecule has 0 saturated carbocycles. The quantitative estimate of drug-likeness (QED) is 0.355. The average Bonchev–Trinajstić information content (AvgIpc) is 3.22. The van der Waals surface area contributed by atoms with Gasteiger partial charge in [-0.3, -0.25) is 4.79 Å². The number of carbonyl (C=O) groups is 1. The number of anilines is 1. The van der Waals surface area contributed by atoms with E-state index >= 15 is 0 Å². The summed E-state index contributed by atoms with van der Waals surface area (Å²) < 4.78 is 0.938. The Bertz CT molecular complexity index is 1260. The molecular formula is C26H21BrN2O. The maximum atomic E-state index is 13.7. The van der Waals surface area contributed by atoms with Gasteiger partial charge in [0.2, 0.25) is 0 Å². The first kappa shape index (κ1) is 19.0. The molecule has 4 heteroatoms. The van der Waals surface area contributed by atoms with Gasteiger partial charge in [0.25, 0.3) is 5.91 Å². The molecule has 30 heavy (non-hydrogen) atoms. The first-order chi connectivity index (χ1) is 14.6. The third kappa shape index (κ3) is 3.31. The lowest BCUT2D eigenvalue weighted by molar-refractivity contribution is 0.0991. The minimum absolute atomic E-state index is 0.0249. The molecule has 0 spiro atoms. The van der Waals surface area contributed by atoms with Gasteiger partial charge >= 0.3 is 0 Å². The van der Waals surface area contributed by atoms with E-state index in [1.165, 1.54) is 11.1 Å². The number of benzene rings is 3. The number of hydrogen-bond donors (Lipinski definition) is 0. The Morgan fingerprint density at radius 2 is 1.83 bits per heavy atom. The lowest BCUT2D eigenvalue weighted by Crippen LogP contribution is -2.29. The summed E-state index contributed by atoms with van der Waals surface area (Å²) in [7, 11) is 0. The summed E-state index contributed by atoms with van der Waals surface area (Å²) in [6, 6.07) is 24.5. The van der Waals surface area contributed by atoms with E-state index < -0.39 is 0 Å². The number of amides is 1. The summed E-state index contributed by atoms with van der Waals surface area (Å²) in [4.78, 5) is 20.5. The lowest BCUT2D eigenvalue weighted by atomic mass is 10.0. The molecule has 4 aromatic rings. The van der Waals surface area contributed by atoms with Crippen LogP contribution >= 0.6 is 15.9 Å². The van der Waals surface area contributed by atoms with E-state index in [1.807, 2.05) is 47.4 Å². The van der Waals surface area contributed by atoms with Gasteiger partial charge in [0.1, 0.15) is 0 Å². The fourth-order valence-electron chi connectivity index (χ4n) is 4.13. The molecule has 148 valence electrons. The SMILES string of the molecule is CCc1ccc(-c2cc(C(=O)N3CCc4ccccc43)c3cc(Br)ccc3n2)cc1. The molecule has 0 saturated heterocycles. The van der Waals surface area contributed by atoms with E-state index in [0.29, 0.717) is 12.1 Å². The highest BCUT2D eigenvalue weighted by atomic mass is 79.9. The van der Waals surface area contributed by atoms with Gasteiger partial charge in [-0.2, -0.15) is 0 Å². The Labute approximate surface area is 184 Å². The molecule has 1 amide bonds. The Morgan fingerprint density at radius 1 is 1.03 bits per heavy atom. The molecule has 0 radical (unpaired) electrons. The molecule has 2 heterocycles. The van der Waals surface area contributed by atoms with Crippen molar-refractivity contribution < 1.29 is 4.79 Å². The van der Waals surface area contributed by atoms with Gasteiger partial charge in [-0.15, -0.1) is 0 Å². The number of nitrogens with zero attached hydrogens (tertiary/aromatic N) is 2. The van der Waals surface area contributed by atoms with E-state index in [0.717, 1.165) is 45.2 Å². The van der Waals surface area contributed by atoms with Gasteiger partial charge < -0.3 is 4.90 Å². The number of pyridine rings is 1. The normalized spacial score (nSPS) is 12.9. The maximum Gasteiger partial charge on any atom is 0.259 e. The predicted octanol–water partition coefficient (Wildman–Crippen LogP) is 6.43. The Balaban J connectivity index is 1.66. The zero-order chi connectivity index (χ0) is 20.7. The van der Waals surface area contributed by atoms with Crippen LogP contribution in [-0.4, -0.2) is 17.4 Å². The number of carbonyl (C=O) groups excluding carboxylic acids is 1. The van der Waals surface area contributed by atoms with E-state index in [-0.39, 0.29) is 5.91 Å². The number of aryl methyl sites for hydroxylation is 1. The second kappa shape index (κ2) is 7.69. The van der Waals surface area contributed by atoms with Gasteiger partial charge in [0, 0.05) is 27.7 Å². The average molecular weight is 457 g/mol. The van der Waals surface area contributed by atoms with E-state index in [1.54, 1.807) is 0 Å². The second-order valence-corrected chi connectivity index (χ2v) is 8.52. The monoisotopic (exact) mass is 456 g/mol. The van der Waals surface area contributed by atoms with Crippen molar-refractivity contribution in [1.29, 1.82) is 0 Å². The smallest absolute Gasteiger partial charge is 0.259 e. The zero-order valence-electron chi connectivity index (χ0n) is 16.7. The summed E-state index contributed by atoms with van der Waals surface area (Å²) in [6.07, 6.45) is 1.89. The number of para-hydroxylation sites is 1. The largest absolute Gasteiger partial charge is 0.308 e. The molecule has 0 bridgehead atoms. The molecule has 1 aliphatic rings. The van der Waals surface area contributed by atoms with E-state index in [9.17, 15) is 4.79 Å². The van der Waals surface area contributed by atoms with Crippen LogP contribution in [0.5, 0.6) is 0 Å². The molecular weight excluding hydrogens is 436 g/mol. The second-order valence-electron chi connectivity index (χ2n) is 7.60. The number of hydrogen-bond acceptors (Lipinski definition) is 2. The van der Waals surface area contributed by atoms with Crippen molar-refractivity contribution in [2.24, 2.45) is 0 Å². The van der Waals surface area contributed by atoms with Crippen molar-refractivity contribution in [3.8, 4) is 11.3 Å². The van der Waals surface area contributed by atoms with Crippen molar-refractivity contribution in [2.75, 3.05) is 11.4 Å². The highest BCUT2D eigenvalue weighted by molar-refractivity contribution is 9.10. The van der Waals surface area contributed by atoms with Gasteiger partial charge in [-0.05, 0) is 54.3 Å². The van der Waals surface area contributed by atoms with Crippen LogP contribution in [0, 0.1) is 0 Å². The van der Waals surface area contributed by atoms with Gasteiger partial charge in [-0.25, -0.2) is 4.98 Å². The molecule has 3 nitrogen and oxygen atoms in total. The summed E-state index contributed by atoms with van der Waals surface area (Å²) >= 11 is 3.55. The summed E-state index contributed by atoms with van der Waals surface area (Å²) in [5.41, 5.74) is 6.88. The highest BCUT2D eigenvalue weighted by Crippen LogP contribution is 2.33. The molecule has 3 aromatic carbocycles. The third-order valence-electron chi connectivity index (χ3n) is 5.79. The predicted molar refractivity (Wildman–Crippen MR) is 126 cm³/mol. The van der Waals surface area contributed by atoms with Crippen molar-refractivity contribution in [1.82, 2.24) is 4.98 Å². The molecule has 1 aliphatic heterocycles. The number of aromatic nitrogens is 1. The van der Waals surface area contributed by atoms with Gasteiger partial charge in [0.15, 0.2) is 0 Å². The number of fused-ring (bicyclic) bond motifs is 2. The highest BCUT2D eigenvalue weighted by Gasteiger charge is 2.27. The van der Waals surface area contributed by atoms with Crippen LogP contribution in [0.2, 0.25) is 0 Å². The Morgan fingerprint density at radius 3 is 2.63 bits per heavy atom. The minimum atomic E-state index is 0.0249. The number of rotatable bonds is 3. The minimum Gasteiger partial charge on any atom is -0.308 e. The topological polar surface area (TPSA) is 33.2 Å². The first-order valence-corrected chi connectivity index (χ1v) is 11.0. The van der Waals surface area contributed by atoms with Crippen LogP contribution in [0.1, 0.15) is 28.4 Å². The van der Waals surface area contributed by atoms with Crippen LogP contribution in [0.25, 0.3) is 22.2 Å². The van der Waals surface area contributed by atoms with Crippen LogP contribution < -0.4 is 4.90 Å². The van der Waals surface area contributed by atoms with Crippen molar-refractivity contribution >= 4 is 38.4 Å². The molecule has 5 rings (SSSR count). The number of halogens is 1. The fourth-order valence-corrected chi connectivity index (χ4v) is 4.49. The van der Waals surface area contributed by atoms with E-state index in [2.05, 4.69) is 53.2 Å². The fraction of sp³-hybridized carbons (Fsp3) is 0.154. The molecule has 0 fully saturated rings. The first-order valence-electron chi connectivity index (χ1n) is 10.2. The maximum absolute atomic E-state index is 13.7. The van der Waals surface area contributed by atoms with Crippen LogP contribution in [0.3, 0.4) is 0 Å². The molecule has 0 N–H and O–H groups in total. The van der Waals surface area contributed by atoms with Crippen molar-refractivity contribution in [3.05, 3.63) is 94.0 Å².